The second kappa shape index (κ2) is 14.3. The molecule has 6 fully saturated rings. The van der Waals surface area contributed by atoms with Crippen molar-refractivity contribution < 1.29 is 34.5 Å². The van der Waals surface area contributed by atoms with Gasteiger partial charge in [-0.3, -0.25) is 19.2 Å². The van der Waals surface area contributed by atoms with Crippen molar-refractivity contribution in [2.24, 2.45) is 0 Å². The summed E-state index contributed by atoms with van der Waals surface area (Å²) in [6.07, 6.45) is 0.829. The highest BCUT2D eigenvalue weighted by Crippen LogP contribution is 2.61. The van der Waals surface area contributed by atoms with Crippen molar-refractivity contribution >= 4 is 68.7 Å². The number of hydrogen-bond acceptors (Lipinski definition) is 11. The van der Waals surface area contributed by atoms with E-state index in [0.717, 1.165) is 22.3 Å². The molecule has 0 aliphatic carbocycles. The Labute approximate surface area is 313 Å². The Morgan fingerprint density at radius 3 is 1.43 bits per heavy atom. The van der Waals surface area contributed by atoms with Crippen molar-refractivity contribution in [2.45, 2.75) is 43.5 Å². The fourth-order valence-corrected chi connectivity index (χ4v) is 14.1. The Morgan fingerprint density at radius 1 is 0.510 bits per heavy atom. The van der Waals surface area contributed by atoms with Crippen LogP contribution in [0.3, 0.4) is 0 Å². The molecule has 3 aromatic rings. The van der Waals surface area contributed by atoms with Crippen LogP contribution in [0.4, 0.5) is 0 Å². The Balaban J connectivity index is 0.000000187. The third-order valence-corrected chi connectivity index (χ3v) is 17.3. The van der Waals surface area contributed by atoms with Gasteiger partial charge in [-0.1, -0.05) is 95.7 Å². The van der Waals surface area contributed by atoms with Crippen molar-refractivity contribution in [1.82, 2.24) is 19.6 Å². The molecule has 6 heterocycles. The van der Waals surface area contributed by atoms with Crippen LogP contribution in [0.2, 0.25) is 0 Å². The highest BCUT2D eigenvalue weighted by Gasteiger charge is 2.68. The van der Waals surface area contributed by atoms with Crippen LogP contribution in [0.25, 0.3) is 0 Å². The molecule has 0 radical (unpaired) electrons. The van der Waals surface area contributed by atoms with Gasteiger partial charge in [-0.25, -0.2) is 0 Å². The quantitative estimate of drug-likeness (QED) is 0.291. The zero-order chi connectivity index (χ0) is 36.8. The molecular weight excluding hydrogens is 729 g/mol. The second-order valence-corrected chi connectivity index (χ2v) is 18.6. The lowest BCUT2D eigenvalue weighted by Crippen LogP contribution is -2.77. The number of rotatable bonds is 8. The summed E-state index contributed by atoms with van der Waals surface area (Å²) < 4.78 is -0.253. The zero-order valence-electron chi connectivity index (χ0n) is 28.6. The molecular formula is C36H40N4O7S4. The molecule has 6 saturated heterocycles. The van der Waals surface area contributed by atoms with E-state index in [1.165, 1.54) is 64.7 Å². The van der Waals surface area contributed by atoms with E-state index in [9.17, 15) is 34.5 Å². The van der Waals surface area contributed by atoms with Crippen molar-refractivity contribution in [3.63, 3.8) is 0 Å². The summed E-state index contributed by atoms with van der Waals surface area (Å²) in [4.78, 5) is 53.9. The first-order chi connectivity index (χ1) is 24.4. The van der Waals surface area contributed by atoms with Crippen LogP contribution in [-0.2, 0) is 38.6 Å². The summed E-state index contributed by atoms with van der Waals surface area (Å²) in [5.41, 5.74) is 3.70. The zero-order valence-corrected chi connectivity index (χ0v) is 31.9. The van der Waals surface area contributed by atoms with Gasteiger partial charge >= 0.3 is 0 Å². The summed E-state index contributed by atoms with van der Waals surface area (Å²) in [5.74, 6) is -0.803. The van der Waals surface area contributed by atoms with Crippen LogP contribution >= 0.6 is 45.1 Å². The molecule has 270 valence electrons. The number of fused-ring (bicyclic) bond motifs is 7. The first-order valence-electron chi connectivity index (χ1n) is 16.2. The van der Waals surface area contributed by atoms with Gasteiger partial charge in [-0.2, -0.15) is 0 Å². The average Bonchev–Trinajstić information content (AvgIpc) is 3.32. The van der Waals surface area contributed by atoms with E-state index in [0.29, 0.717) is 12.8 Å². The van der Waals surface area contributed by atoms with Gasteiger partial charge in [0.1, 0.15) is 0 Å². The van der Waals surface area contributed by atoms with E-state index in [-0.39, 0.29) is 41.4 Å². The maximum absolute atomic E-state index is 13.7. The molecule has 3 N–H and O–H groups in total. The molecule has 0 spiro atoms. The summed E-state index contributed by atoms with van der Waals surface area (Å²) in [7, 11) is 9.16. The van der Waals surface area contributed by atoms with Crippen LogP contribution in [0.1, 0.15) is 26.8 Å². The molecule has 15 heteroatoms. The van der Waals surface area contributed by atoms with Gasteiger partial charge in [0.25, 0.3) is 23.6 Å². The topological polar surface area (TPSA) is 142 Å². The third-order valence-electron chi connectivity index (χ3n) is 10.1. The van der Waals surface area contributed by atoms with E-state index in [1.807, 2.05) is 84.9 Å². The van der Waals surface area contributed by atoms with Crippen molar-refractivity contribution in [2.75, 3.05) is 41.4 Å². The monoisotopic (exact) mass is 768 g/mol. The summed E-state index contributed by atoms with van der Waals surface area (Å²) in [6.45, 7) is -0.889. The lowest BCUT2D eigenvalue weighted by atomic mass is 9.98. The summed E-state index contributed by atoms with van der Waals surface area (Å²) in [6, 6.07) is 26.9. The molecule has 51 heavy (non-hydrogen) atoms. The van der Waals surface area contributed by atoms with Crippen LogP contribution in [0, 0.1) is 0 Å². The van der Waals surface area contributed by atoms with Gasteiger partial charge in [0.15, 0.2) is 14.6 Å². The minimum absolute atomic E-state index is 0.0494. The van der Waals surface area contributed by atoms with Crippen LogP contribution in [0.15, 0.2) is 84.9 Å². The minimum Gasteiger partial charge on any atom is -0.392 e. The third kappa shape index (κ3) is 5.94. The number of likely N-dealkylation sites (N-methyl/N-ethyl adjacent to an activating group) is 4. The molecule has 0 aromatic heterocycles. The number of hydrogen-bond donors (Lipinski definition) is 3. The Bertz CT molecular complexity index is 1810. The molecule has 1 unspecified atom stereocenters. The van der Waals surface area contributed by atoms with Gasteiger partial charge in [-0.05, 0) is 33.0 Å². The number of aliphatic hydroxyl groups excluding tert-OH is 3. The molecule has 0 saturated carbocycles. The number of carbonyl (C=O) groups is 4. The Morgan fingerprint density at radius 2 is 0.902 bits per heavy atom. The SMILES string of the molecule is CN1C(=O)[C@]2(Cc3ccccc3)SC(c3ccc(CO)cc3)S[C@@]1(CO)C(=O)N2C.CN1C(=O)[C@]2(Cc3ccccc3)SS[C@@]1(CO)C(=O)N2C. The smallest absolute Gasteiger partial charge is 0.263 e. The maximum Gasteiger partial charge on any atom is 0.263 e. The molecule has 4 bridgehead atoms. The molecule has 11 nitrogen and oxygen atoms in total. The lowest BCUT2D eigenvalue weighted by Gasteiger charge is -2.58. The number of aliphatic hydroxyl groups is 3. The highest BCUT2D eigenvalue weighted by molar-refractivity contribution is 8.78. The number of thioether (sulfide) groups is 2. The van der Waals surface area contributed by atoms with E-state index >= 15 is 0 Å². The largest absolute Gasteiger partial charge is 0.392 e. The van der Waals surface area contributed by atoms with Gasteiger partial charge in [0.2, 0.25) is 4.87 Å². The van der Waals surface area contributed by atoms with Crippen LogP contribution in [-0.4, -0.2) is 119 Å². The summed E-state index contributed by atoms with van der Waals surface area (Å²) >= 11 is 2.75. The Kier molecular flexibility index (Phi) is 10.6. The summed E-state index contributed by atoms with van der Waals surface area (Å²) in [5, 5.41) is 29.3. The van der Waals surface area contributed by atoms with E-state index in [2.05, 4.69) is 0 Å². The number of amides is 4. The molecule has 3 aromatic carbocycles. The second-order valence-electron chi connectivity index (χ2n) is 12.9. The fourth-order valence-electron chi connectivity index (χ4n) is 6.77. The average molecular weight is 769 g/mol. The van der Waals surface area contributed by atoms with E-state index in [4.69, 9.17) is 0 Å². The standard InChI is InChI=1S/C22H24N2O4S2.C14H16N2O3S2/c1-23-20(28)22(14-26)24(2)19(27)21(23,12-15-6-4-3-5-7-15)29-18(30-22)17-10-8-16(13-25)9-11-17;1-15-12(19)14(9-17)16(2)11(18)13(15,20-21-14)8-10-6-4-3-5-7-10/h3-11,18,25-26H,12-14H2,1-2H3;3-7,17H,8-9H2,1-2H3/t18?,21-,22-;13-,14-/m00/s1. The predicted molar refractivity (Wildman–Crippen MR) is 202 cm³/mol. The molecule has 5 atom stereocenters. The predicted octanol–water partition coefficient (Wildman–Crippen LogP) is 3.15. The number of carbonyl (C=O) groups excluding carboxylic acids is 4. The lowest BCUT2D eigenvalue weighted by molar-refractivity contribution is -0.165. The van der Waals surface area contributed by atoms with Gasteiger partial charge in [0, 0.05) is 41.0 Å². The van der Waals surface area contributed by atoms with Gasteiger partial charge < -0.3 is 34.9 Å². The highest BCUT2D eigenvalue weighted by atomic mass is 33.1. The molecule has 6 aliphatic rings. The number of benzene rings is 3. The normalized spacial score (nSPS) is 30.1. The van der Waals surface area contributed by atoms with Crippen LogP contribution < -0.4 is 0 Å². The van der Waals surface area contributed by atoms with Crippen molar-refractivity contribution in [3.05, 3.63) is 107 Å². The number of piperazine rings is 2. The molecule has 4 amide bonds. The molecule has 6 aliphatic heterocycles. The first-order valence-corrected chi connectivity index (χ1v) is 20.1. The van der Waals surface area contributed by atoms with Gasteiger partial charge in [-0.15, -0.1) is 23.5 Å². The fraction of sp³-hybridized carbons (Fsp3) is 0.389. The van der Waals surface area contributed by atoms with Crippen molar-refractivity contribution in [3.8, 4) is 0 Å². The number of nitrogens with zero attached hydrogens (tertiary/aromatic N) is 4. The van der Waals surface area contributed by atoms with Crippen LogP contribution in [0.5, 0.6) is 0 Å². The molecule has 9 rings (SSSR count). The minimum atomic E-state index is -1.37. The van der Waals surface area contributed by atoms with Gasteiger partial charge in [0.05, 0.1) is 24.4 Å². The Hall–Kier alpha value is -3.18. The first kappa shape index (κ1) is 37.6. The maximum atomic E-state index is 13.7. The van der Waals surface area contributed by atoms with E-state index < -0.39 is 26.1 Å². The van der Waals surface area contributed by atoms with E-state index in [1.54, 1.807) is 28.2 Å². The van der Waals surface area contributed by atoms with Crippen molar-refractivity contribution in [1.29, 1.82) is 0 Å².